The fourth-order valence-corrected chi connectivity index (χ4v) is 1.61. The Bertz CT molecular complexity index is 512. The summed E-state index contributed by atoms with van der Waals surface area (Å²) in [6.07, 6.45) is -2.02. The zero-order valence-electron chi connectivity index (χ0n) is 14.0. The van der Waals surface area contributed by atoms with E-state index in [2.05, 4.69) is 32.3 Å². The van der Waals surface area contributed by atoms with E-state index in [1.807, 2.05) is 13.8 Å². The summed E-state index contributed by atoms with van der Waals surface area (Å²) in [6.45, 7) is 5.75. The summed E-state index contributed by atoms with van der Waals surface area (Å²) in [7, 11) is 0. The molecule has 0 spiro atoms. The fraction of sp³-hybridized carbons (Fsp3) is 0.600. The second kappa shape index (κ2) is 11.3. The van der Waals surface area contributed by atoms with Crippen LogP contribution in [0.4, 0.5) is 13.2 Å². The zero-order valence-corrected chi connectivity index (χ0v) is 16.3. The standard InChI is InChI=1S/C15H23F3N4O.HI/c1-4-11(3)22-14(19-5-2)21-9-12-6-7-20-13(8-12)23-10-15(16,17)18;/h6-8,11H,4-5,9-10H2,1-3H3,(H2,19,21,22);1H. The first-order chi connectivity index (χ1) is 10.8. The van der Waals surface area contributed by atoms with E-state index in [0.717, 1.165) is 18.5 Å². The number of rotatable bonds is 7. The minimum atomic E-state index is -4.38. The Morgan fingerprint density at radius 3 is 2.67 bits per heavy atom. The third-order valence-corrected chi connectivity index (χ3v) is 2.94. The molecule has 0 saturated heterocycles. The highest BCUT2D eigenvalue weighted by molar-refractivity contribution is 14.0. The molecule has 0 aliphatic heterocycles. The van der Waals surface area contributed by atoms with Crippen molar-refractivity contribution >= 4 is 29.9 Å². The Kier molecular flexibility index (Phi) is 10.7. The Morgan fingerprint density at radius 2 is 2.08 bits per heavy atom. The maximum absolute atomic E-state index is 12.1. The number of hydrogen-bond acceptors (Lipinski definition) is 3. The molecule has 1 atom stereocenters. The molecule has 0 bridgehead atoms. The maximum Gasteiger partial charge on any atom is 0.422 e. The lowest BCUT2D eigenvalue weighted by molar-refractivity contribution is -0.154. The van der Waals surface area contributed by atoms with Crippen LogP contribution in [-0.4, -0.2) is 36.3 Å². The van der Waals surface area contributed by atoms with Crippen LogP contribution >= 0.6 is 24.0 Å². The normalized spacial score (nSPS) is 13.0. The van der Waals surface area contributed by atoms with Crippen LogP contribution in [0.3, 0.4) is 0 Å². The van der Waals surface area contributed by atoms with Gasteiger partial charge in [-0.25, -0.2) is 9.98 Å². The Morgan fingerprint density at radius 1 is 1.38 bits per heavy atom. The van der Waals surface area contributed by atoms with Crippen molar-refractivity contribution in [1.29, 1.82) is 0 Å². The zero-order chi connectivity index (χ0) is 17.3. The van der Waals surface area contributed by atoms with Crippen LogP contribution in [0, 0.1) is 0 Å². The van der Waals surface area contributed by atoms with E-state index in [4.69, 9.17) is 0 Å². The van der Waals surface area contributed by atoms with Crippen molar-refractivity contribution in [1.82, 2.24) is 15.6 Å². The smallest absolute Gasteiger partial charge is 0.422 e. The molecule has 0 aliphatic rings. The first-order valence-electron chi connectivity index (χ1n) is 7.53. The lowest BCUT2D eigenvalue weighted by Crippen LogP contribution is -2.41. The quantitative estimate of drug-likeness (QED) is 0.372. The second-order valence-corrected chi connectivity index (χ2v) is 5.05. The number of pyridine rings is 1. The molecular formula is C15H24F3IN4O. The molecule has 0 radical (unpaired) electrons. The molecule has 0 saturated carbocycles. The van der Waals surface area contributed by atoms with Gasteiger partial charge in [-0.2, -0.15) is 13.2 Å². The first kappa shape index (κ1) is 22.7. The molecule has 1 heterocycles. The van der Waals surface area contributed by atoms with Gasteiger partial charge in [0.1, 0.15) is 0 Å². The molecule has 0 aromatic carbocycles. The highest BCUT2D eigenvalue weighted by atomic mass is 127. The molecule has 2 N–H and O–H groups in total. The van der Waals surface area contributed by atoms with Crippen LogP contribution in [0.25, 0.3) is 0 Å². The largest absolute Gasteiger partial charge is 0.468 e. The number of hydrogen-bond donors (Lipinski definition) is 2. The van der Waals surface area contributed by atoms with Gasteiger partial charge in [0.2, 0.25) is 5.88 Å². The van der Waals surface area contributed by atoms with Gasteiger partial charge in [0.05, 0.1) is 6.54 Å². The number of aromatic nitrogens is 1. The van der Waals surface area contributed by atoms with Gasteiger partial charge >= 0.3 is 6.18 Å². The molecule has 1 aromatic rings. The molecule has 1 rings (SSSR count). The number of ether oxygens (including phenoxy) is 1. The van der Waals surface area contributed by atoms with E-state index in [-0.39, 0.29) is 35.9 Å². The molecule has 138 valence electrons. The van der Waals surface area contributed by atoms with E-state index < -0.39 is 12.8 Å². The van der Waals surface area contributed by atoms with Crippen molar-refractivity contribution in [2.45, 2.75) is 46.0 Å². The summed E-state index contributed by atoms with van der Waals surface area (Å²) >= 11 is 0. The molecule has 0 fully saturated rings. The molecule has 0 aliphatic carbocycles. The molecule has 1 unspecified atom stereocenters. The minimum Gasteiger partial charge on any atom is -0.468 e. The summed E-state index contributed by atoms with van der Waals surface area (Å²) in [4.78, 5) is 8.18. The van der Waals surface area contributed by atoms with Gasteiger partial charge in [-0.3, -0.25) is 0 Å². The van der Waals surface area contributed by atoms with Gasteiger partial charge in [0, 0.05) is 24.8 Å². The van der Waals surface area contributed by atoms with Gasteiger partial charge < -0.3 is 15.4 Å². The summed E-state index contributed by atoms with van der Waals surface area (Å²) in [5.74, 6) is 0.603. The fourth-order valence-electron chi connectivity index (χ4n) is 1.61. The van der Waals surface area contributed by atoms with Crippen LogP contribution < -0.4 is 15.4 Å². The van der Waals surface area contributed by atoms with Gasteiger partial charge in [0.25, 0.3) is 0 Å². The first-order valence-corrected chi connectivity index (χ1v) is 7.53. The average molecular weight is 460 g/mol. The topological polar surface area (TPSA) is 58.5 Å². The number of aliphatic imine (C=N–C) groups is 1. The number of nitrogens with zero attached hydrogens (tertiary/aromatic N) is 2. The van der Waals surface area contributed by atoms with Crippen LogP contribution in [0.1, 0.15) is 32.8 Å². The summed E-state index contributed by atoms with van der Waals surface area (Å²) in [5.41, 5.74) is 0.721. The van der Waals surface area contributed by atoms with E-state index >= 15 is 0 Å². The molecule has 5 nitrogen and oxygen atoms in total. The van der Waals surface area contributed by atoms with Crippen molar-refractivity contribution in [2.24, 2.45) is 4.99 Å². The number of alkyl halides is 3. The Balaban J connectivity index is 0.00000529. The molecule has 9 heteroatoms. The SMILES string of the molecule is CCNC(=NCc1ccnc(OCC(F)(F)F)c1)NC(C)CC.I. The second-order valence-electron chi connectivity index (χ2n) is 5.05. The third kappa shape index (κ3) is 9.78. The van der Waals surface area contributed by atoms with Crippen molar-refractivity contribution in [2.75, 3.05) is 13.2 Å². The van der Waals surface area contributed by atoms with Crippen molar-refractivity contribution < 1.29 is 17.9 Å². The number of guanidine groups is 1. The molecule has 24 heavy (non-hydrogen) atoms. The Labute approximate surface area is 157 Å². The van der Waals surface area contributed by atoms with Crippen molar-refractivity contribution in [3.05, 3.63) is 23.9 Å². The van der Waals surface area contributed by atoms with Crippen LogP contribution in [-0.2, 0) is 6.54 Å². The lowest BCUT2D eigenvalue weighted by Gasteiger charge is -2.16. The number of nitrogens with one attached hydrogen (secondary N) is 2. The summed E-state index contributed by atoms with van der Waals surface area (Å²) in [6, 6.07) is 3.43. The Hall–Kier alpha value is -1.26. The van der Waals surface area contributed by atoms with E-state index in [1.165, 1.54) is 12.3 Å². The maximum atomic E-state index is 12.1. The molecule has 0 amide bonds. The van der Waals surface area contributed by atoms with Crippen LogP contribution in [0.2, 0.25) is 0 Å². The molecular weight excluding hydrogens is 436 g/mol. The van der Waals surface area contributed by atoms with Gasteiger partial charge in [-0.05, 0) is 31.9 Å². The van der Waals surface area contributed by atoms with E-state index in [0.29, 0.717) is 12.5 Å². The van der Waals surface area contributed by atoms with Crippen molar-refractivity contribution in [3.8, 4) is 5.88 Å². The molecule has 1 aromatic heterocycles. The summed E-state index contributed by atoms with van der Waals surface area (Å²) < 4.78 is 41.1. The lowest BCUT2D eigenvalue weighted by atomic mass is 10.2. The van der Waals surface area contributed by atoms with E-state index in [1.54, 1.807) is 6.07 Å². The highest BCUT2D eigenvalue weighted by Crippen LogP contribution is 2.17. The van der Waals surface area contributed by atoms with Crippen LogP contribution in [0.5, 0.6) is 5.88 Å². The minimum absolute atomic E-state index is 0. The van der Waals surface area contributed by atoms with Crippen LogP contribution in [0.15, 0.2) is 23.3 Å². The predicted molar refractivity (Wildman–Crippen MR) is 98.9 cm³/mol. The predicted octanol–water partition coefficient (Wildman–Crippen LogP) is 3.49. The van der Waals surface area contributed by atoms with Crippen molar-refractivity contribution in [3.63, 3.8) is 0 Å². The highest BCUT2D eigenvalue weighted by Gasteiger charge is 2.28. The van der Waals surface area contributed by atoms with E-state index in [9.17, 15) is 13.2 Å². The van der Waals surface area contributed by atoms with Gasteiger partial charge in [-0.15, -0.1) is 24.0 Å². The summed E-state index contributed by atoms with van der Waals surface area (Å²) in [5, 5.41) is 6.36. The third-order valence-electron chi connectivity index (χ3n) is 2.94. The van der Waals surface area contributed by atoms with Gasteiger partial charge in [0.15, 0.2) is 12.6 Å². The number of halogens is 4. The average Bonchev–Trinajstić information content (AvgIpc) is 2.50. The van der Waals surface area contributed by atoms with Gasteiger partial charge in [-0.1, -0.05) is 6.92 Å². The monoisotopic (exact) mass is 460 g/mol.